The number of benzene rings is 1. The van der Waals surface area contributed by atoms with Gasteiger partial charge in [-0.3, -0.25) is 4.98 Å². The molecule has 2 aromatic heterocycles. The van der Waals surface area contributed by atoms with Crippen LogP contribution in [0.5, 0.6) is 5.75 Å². The Bertz CT molecular complexity index is 861. The van der Waals surface area contributed by atoms with Gasteiger partial charge in [-0.05, 0) is 37.0 Å². The highest BCUT2D eigenvalue weighted by molar-refractivity contribution is 7.98. The number of pyridine rings is 1. The minimum Gasteiger partial charge on any atom is -0.493 e. The first-order valence-electron chi connectivity index (χ1n) is 8.49. The van der Waals surface area contributed by atoms with E-state index in [0.717, 1.165) is 51.5 Å². The molecule has 0 bridgehead atoms. The third-order valence-corrected chi connectivity index (χ3v) is 5.13. The molecule has 25 heavy (non-hydrogen) atoms. The quantitative estimate of drug-likeness (QED) is 0.614. The van der Waals surface area contributed by atoms with Gasteiger partial charge < -0.3 is 14.5 Å². The topological polar surface area (TPSA) is 60.0 Å². The number of aromatic amines is 1. The van der Waals surface area contributed by atoms with Crippen LogP contribution in [0.15, 0.2) is 41.7 Å². The number of methoxy groups -OCH3 is 1. The van der Waals surface area contributed by atoms with Gasteiger partial charge in [-0.1, -0.05) is 17.8 Å². The Hall–Kier alpha value is -2.05. The van der Waals surface area contributed by atoms with Crippen molar-refractivity contribution in [2.75, 3.05) is 13.7 Å². The fourth-order valence-corrected chi connectivity index (χ4v) is 3.53. The van der Waals surface area contributed by atoms with E-state index >= 15 is 0 Å². The fourth-order valence-electron chi connectivity index (χ4n) is 2.65. The van der Waals surface area contributed by atoms with E-state index in [0.29, 0.717) is 6.61 Å². The zero-order valence-electron chi connectivity index (χ0n) is 14.2. The lowest BCUT2D eigenvalue weighted by Gasteiger charge is -2.06. The molecular weight excluding hydrogens is 334 g/mol. The molecule has 1 aromatic carbocycles. The minimum absolute atomic E-state index is 0.575. The molecule has 3 aromatic rings. The zero-order valence-corrected chi connectivity index (χ0v) is 15.0. The van der Waals surface area contributed by atoms with Crippen molar-refractivity contribution in [1.82, 2.24) is 15.0 Å². The number of rotatable bonds is 8. The van der Waals surface area contributed by atoms with Crippen LogP contribution in [0.25, 0.3) is 11.0 Å². The number of thioether (sulfide) groups is 1. The van der Waals surface area contributed by atoms with Crippen molar-refractivity contribution in [2.24, 2.45) is 5.92 Å². The molecular formula is C19H21N3O2S. The summed E-state index contributed by atoms with van der Waals surface area (Å²) in [7, 11) is 1.70. The molecule has 0 atom stereocenters. The number of nitrogens with one attached hydrogen (secondary N) is 1. The van der Waals surface area contributed by atoms with Crippen molar-refractivity contribution in [3.8, 4) is 5.75 Å². The van der Waals surface area contributed by atoms with Crippen LogP contribution in [-0.4, -0.2) is 28.7 Å². The number of ether oxygens (including phenoxy) is 2. The fraction of sp³-hybridized carbons (Fsp3) is 0.368. The number of nitrogens with zero attached hydrogens (tertiary/aromatic N) is 2. The average molecular weight is 355 g/mol. The SMILES string of the molecule is COCc1cccnc1CSc1nc2ccc(OCC3CC3)cc2[nH]1. The third-order valence-electron chi connectivity index (χ3n) is 4.24. The van der Waals surface area contributed by atoms with Gasteiger partial charge in [0.25, 0.3) is 0 Å². The Labute approximate surface area is 151 Å². The Morgan fingerprint density at radius 2 is 2.20 bits per heavy atom. The van der Waals surface area contributed by atoms with E-state index in [-0.39, 0.29) is 0 Å². The molecule has 130 valence electrons. The average Bonchev–Trinajstić information content (AvgIpc) is 3.37. The molecule has 1 aliphatic rings. The maximum atomic E-state index is 5.84. The molecule has 4 rings (SSSR count). The molecule has 0 amide bonds. The lowest BCUT2D eigenvalue weighted by Crippen LogP contribution is -1.98. The largest absolute Gasteiger partial charge is 0.493 e. The summed E-state index contributed by atoms with van der Waals surface area (Å²) in [6, 6.07) is 10.0. The molecule has 1 N–H and O–H groups in total. The molecule has 1 aliphatic carbocycles. The van der Waals surface area contributed by atoms with Gasteiger partial charge in [-0.2, -0.15) is 0 Å². The van der Waals surface area contributed by atoms with Crippen molar-refractivity contribution in [2.45, 2.75) is 30.4 Å². The van der Waals surface area contributed by atoms with E-state index in [2.05, 4.69) is 21.0 Å². The third kappa shape index (κ3) is 4.14. The first-order chi connectivity index (χ1) is 12.3. The summed E-state index contributed by atoms with van der Waals surface area (Å²) < 4.78 is 11.1. The second-order valence-electron chi connectivity index (χ2n) is 6.31. The summed E-state index contributed by atoms with van der Waals surface area (Å²) in [5, 5.41) is 0.892. The van der Waals surface area contributed by atoms with Gasteiger partial charge in [-0.15, -0.1) is 0 Å². The lowest BCUT2D eigenvalue weighted by atomic mass is 10.2. The van der Waals surface area contributed by atoms with E-state index in [1.54, 1.807) is 18.9 Å². The standard InChI is InChI=1S/C19H21N3O2S/c1-23-11-14-3-2-8-20-18(14)12-25-19-21-16-7-6-15(9-17(16)22-19)24-10-13-4-5-13/h2-3,6-9,13H,4-5,10-12H2,1H3,(H,21,22). The van der Waals surface area contributed by atoms with Crippen LogP contribution in [0.3, 0.4) is 0 Å². The second kappa shape index (κ2) is 7.45. The van der Waals surface area contributed by atoms with Crippen molar-refractivity contribution in [3.63, 3.8) is 0 Å². The predicted molar refractivity (Wildman–Crippen MR) is 98.8 cm³/mol. The summed E-state index contributed by atoms with van der Waals surface area (Å²) in [4.78, 5) is 12.5. The van der Waals surface area contributed by atoms with Crippen LogP contribution < -0.4 is 4.74 Å². The molecule has 6 heteroatoms. The molecule has 1 saturated carbocycles. The Balaban J connectivity index is 1.44. The van der Waals surface area contributed by atoms with E-state index < -0.39 is 0 Å². The van der Waals surface area contributed by atoms with Crippen LogP contribution in [-0.2, 0) is 17.1 Å². The summed E-state index contributed by atoms with van der Waals surface area (Å²) in [6.45, 7) is 1.40. The summed E-state index contributed by atoms with van der Waals surface area (Å²) in [5.74, 6) is 2.42. The van der Waals surface area contributed by atoms with Gasteiger partial charge >= 0.3 is 0 Å². The zero-order chi connectivity index (χ0) is 17.1. The second-order valence-corrected chi connectivity index (χ2v) is 7.27. The van der Waals surface area contributed by atoms with Gasteiger partial charge in [0.05, 0.1) is 29.9 Å². The Kier molecular flexibility index (Phi) is 4.90. The van der Waals surface area contributed by atoms with E-state index in [1.165, 1.54) is 12.8 Å². The number of fused-ring (bicyclic) bond motifs is 1. The summed E-state index contributed by atoms with van der Waals surface area (Å²) in [5.41, 5.74) is 4.11. The van der Waals surface area contributed by atoms with E-state index in [9.17, 15) is 0 Å². The van der Waals surface area contributed by atoms with Gasteiger partial charge in [0.2, 0.25) is 0 Å². The lowest BCUT2D eigenvalue weighted by molar-refractivity contribution is 0.184. The number of H-pyrrole nitrogens is 1. The van der Waals surface area contributed by atoms with Crippen LogP contribution in [0, 0.1) is 5.92 Å². The molecule has 5 nitrogen and oxygen atoms in total. The maximum absolute atomic E-state index is 5.84. The van der Waals surface area contributed by atoms with Crippen LogP contribution in [0.2, 0.25) is 0 Å². The first-order valence-corrected chi connectivity index (χ1v) is 9.47. The van der Waals surface area contributed by atoms with Gasteiger partial charge in [0.15, 0.2) is 5.16 Å². The van der Waals surface area contributed by atoms with Crippen molar-refractivity contribution in [1.29, 1.82) is 0 Å². The molecule has 0 saturated heterocycles. The van der Waals surface area contributed by atoms with Gasteiger partial charge in [0.1, 0.15) is 5.75 Å². The minimum atomic E-state index is 0.575. The molecule has 0 aliphatic heterocycles. The van der Waals surface area contributed by atoms with Crippen molar-refractivity contribution < 1.29 is 9.47 Å². The highest BCUT2D eigenvalue weighted by Crippen LogP contribution is 2.30. The van der Waals surface area contributed by atoms with Crippen molar-refractivity contribution in [3.05, 3.63) is 47.8 Å². The Morgan fingerprint density at radius 3 is 3.04 bits per heavy atom. The molecule has 0 spiro atoms. The van der Waals surface area contributed by atoms with Crippen LogP contribution in [0.1, 0.15) is 24.1 Å². The van der Waals surface area contributed by atoms with Crippen LogP contribution in [0.4, 0.5) is 0 Å². The van der Waals surface area contributed by atoms with E-state index in [4.69, 9.17) is 9.47 Å². The molecule has 0 radical (unpaired) electrons. The molecule has 2 heterocycles. The normalized spacial score (nSPS) is 14.1. The smallest absolute Gasteiger partial charge is 0.166 e. The van der Waals surface area contributed by atoms with Crippen LogP contribution >= 0.6 is 11.8 Å². The first kappa shape index (κ1) is 16.4. The number of hydrogen-bond donors (Lipinski definition) is 1. The van der Waals surface area contributed by atoms with Gasteiger partial charge in [0, 0.05) is 30.7 Å². The van der Waals surface area contributed by atoms with E-state index in [1.807, 2.05) is 30.5 Å². The highest BCUT2D eigenvalue weighted by atomic mass is 32.2. The summed E-state index contributed by atoms with van der Waals surface area (Å²) in [6.07, 6.45) is 4.41. The van der Waals surface area contributed by atoms with Gasteiger partial charge in [-0.25, -0.2) is 4.98 Å². The predicted octanol–water partition coefficient (Wildman–Crippen LogP) is 4.19. The Morgan fingerprint density at radius 1 is 1.28 bits per heavy atom. The number of imidazole rings is 1. The maximum Gasteiger partial charge on any atom is 0.166 e. The highest BCUT2D eigenvalue weighted by Gasteiger charge is 2.22. The number of aromatic nitrogens is 3. The molecule has 0 unspecified atom stereocenters. The molecule has 1 fully saturated rings. The number of hydrogen-bond acceptors (Lipinski definition) is 5. The summed E-state index contributed by atoms with van der Waals surface area (Å²) >= 11 is 1.65. The van der Waals surface area contributed by atoms with Crippen molar-refractivity contribution >= 4 is 22.8 Å². The monoisotopic (exact) mass is 355 g/mol.